The predicted molar refractivity (Wildman–Crippen MR) is 210 cm³/mol. The molecule has 0 amide bonds. The second kappa shape index (κ2) is 12.5. The molecule has 1 aromatic heterocycles. The van der Waals surface area contributed by atoms with E-state index >= 15 is 0 Å². The van der Waals surface area contributed by atoms with Gasteiger partial charge in [-0.3, -0.25) is 0 Å². The Kier molecular flexibility index (Phi) is 7.48. The zero-order chi connectivity index (χ0) is 34.4. The summed E-state index contributed by atoms with van der Waals surface area (Å²) in [5.74, 6) is 1.94. The number of hydrogen-bond acceptors (Lipinski definition) is 3. The van der Waals surface area contributed by atoms with Crippen molar-refractivity contribution < 1.29 is 0 Å². The average Bonchev–Trinajstić information content (AvgIpc) is 3.43. The van der Waals surface area contributed by atoms with E-state index in [1.54, 1.807) is 0 Å². The Morgan fingerprint density at radius 3 is 1.41 bits per heavy atom. The molecule has 1 aliphatic carbocycles. The maximum absolute atomic E-state index is 5.07. The Morgan fingerprint density at radius 1 is 0.294 bits per heavy atom. The summed E-state index contributed by atoms with van der Waals surface area (Å²) in [6, 6.07) is 62.0. The van der Waals surface area contributed by atoms with Gasteiger partial charge in [0.15, 0.2) is 17.5 Å². The van der Waals surface area contributed by atoms with E-state index in [0.717, 1.165) is 33.4 Å². The monoisotopic (exact) mass is 653 g/mol. The summed E-state index contributed by atoms with van der Waals surface area (Å²) >= 11 is 0. The highest BCUT2D eigenvalue weighted by Crippen LogP contribution is 2.51. The van der Waals surface area contributed by atoms with Crippen LogP contribution in [0.4, 0.5) is 0 Å². The number of rotatable bonds is 6. The van der Waals surface area contributed by atoms with Crippen LogP contribution in [0, 0.1) is 0 Å². The summed E-state index contributed by atoms with van der Waals surface area (Å²) in [5.41, 5.74) is 15.2. The van der Waals surface area contributed by atoms with Crippen LogP contribution in [0.5, 0.6) is 0 Å². The van der Waals surface area contributed by atoms with Gasteiger partial charge in [0, 0.05) is 22.1 Å². The van der Waals surface area contributed by atoms with Gasteiger partial charge in [-0.1, -0.05) is 172 Å². The van der Waals surface area contributed by atoms with Crippen molar-refractivity contribution in [1.82, 2.24) is 15.0 Å². The van der Waals surface area contributed by atoms with Crippen molar-refractivity contribution in [2.45, 2.75) is 19.3 Å². The van der Waals surface area contributed by atoms with Gasteiger partial charge in [0.1, 0.15) is 0 Å². The van der Waals surface area contributed by atoms with Crippen LogP contribution >= 0.6 is 0 Å². The Bertz CT molecular complexity index is 2520. The van der Waals surface area contributed by atoms with E-state index in [-0.39, 0.29) is 5.41 Å². The predicted octanol–water partition coefficient (Wildman–Crippen LogP) is 12.2. The third kappa shape index (κ3) is 5.53. The van der Waals surface area contributed by atoms with Crippen LogP contribution in [-0.4, -0.2) is 15.0 Å². The summed E-state index contributed by atoms with van der Waals surface area (Å²) in [4.78, 5) is 15.1. The van der Waals surface area contributed by atoms with Gasteiger partial charge >= 0.3 is 0 Å². The Morgan fingerprint density at radius 2 is 0.745 bits per heavy atom. The van der Waals surface area contributed by atoms with Crippen LogP contribution in [0.2, 0.25) is 0 Å². The van der Waals surface area contributed by atoms with Crippen molar-refractivity contribution >= 4 is 0 Å². The summed E-state index contributed by atoms with van der Waals surface area (Å²) < 4.78 is 0. The molecule has 242 valence electrons. The minimum Gasteiger partial charge on any atom is -0.208 e. The van der Waals surface area contributed by atoms with Gasteiger partial charge in [-0.2, -0.15) is 0 Å². The minimum absolute atomic E-state index is 0.0945. The quantitative estimate of drug-likeness (QED) is 0.179. The second-order valence-electron chi connectivity index (χ2n) is 13.7. The lowest BCUT2D eigenvalue weighted by Gasteiger charge is -2.23. The first-order chi connectivity index (χ1) is 25.0. The SMILES string of the molecule is CC1(C)c2ccccc2-c2cc(-c3ccccc3)c(-c3ccc(-c4nc(-c5ccccc5)nc(-c5cccc(-c6ccccc6)c5)n4)cc3)cc21. The normalized spacial score (nSPS) is 12.7. The molecule has 51 heavy (non-hydrogen) atoms. The first-order valence-electron chi connectivity index (χ1n) is 17.4. The van der Waals surface area contributed by atoms with Crippen LogP contribution in [0.3, 0.4) is 0 Å². The van der Waals surface area contributed by atoms with E-state index in [1.807, 2.05) is 36.4 Å². The van der Waals surface area contributed by atoms with E-state index in [9.17, 15) is 0 Å². The average molecular weight is 654 g/mol. The molecule has 3 nitrogen and oxygen atoms in total. The maximum Gasteiger partial charge on any atom is 0.164 e. The van der Waals surface area contributed by atoms with Crippen molar-refractivity contribution in [1.29, 1.82) is 0 Å². The third-order valence-electron chi connectivity index (χ3n) is 10.2. The zero-order valence-corrected chi connectivity index (χ0v) is 28.6. The van der Waals surface area contributed by atoms with E-state index < -0.39 is 0 Å². The fourth-order valence-corrected chi connectivity index (χ4v) is 7.46. The fraction of sp³-hybridized carbons (Fsp3) is 0.0625. The Labute approximate surface area is 299 Å². The standard InChI is InChI=1S/C48H35N3/c1-48(2)43-24-13-12-23-39(43)42-30-40(33-17-8-4-9-18-33)41(31-44(42)48)34-25-27-36(28-26-34)46-49-45(35-19-10-5-11-20-35)50-47(51-46)38-22-14-21-37(29-38)32-15-6-3-7-16-32/h3-31H,1-2H3. The third-order valence-corrected chi connectivity index (χ3v) is 10.2. The summed E-state index contributed by atoms with van der Waals surface area (Å²) in [7, 11) is 0. The topological polar surface area (TPSA) is 38.7 Å². The molecular weight excluding hydrogens is 619 g/mol. The van der Waals surface area contributed by atoms with Gasteiger partial charge in [0.2, 0.25) is 0 Å². The Hall–Kier alpha value is -6.45. The van der Waals surface area contributed by atoms with E-state index in [1.165, 1.54) is 38.9 Å². The highest BCUT2D eigenvalue weighted by Gasteiger charge is 2.36. The Balaban J connectivity index is 1.16. The van der Waals surface area contributed by atoms with Crippen LogP contribution in [0.25, 0.3) is 78.7 Å². The lowest BCUT2D eigenvalue weighted by molar-refractivity contribution is 0.660. The molecule has 0 saturated carbocycles. The first-order valence-corrected chi connectivity index (χ1v) is 17.4. The van der Waals surface area contributed by atoms with Crippen molar-refractivity contribution in [2.75, 3.05) is 0 Å². The molecule has 3 heteroatoms. The number of nitrogens with zero attached hydrogens (tertiary/aromatic N) is 3. The second-order valence-corrected chi connectivity index (χ2v) is 13.7. The van der Waals surface area contributed by atoms with E-state index in [2.05, 4.69) is 153 Å². The van der Waals surface area contributed by atoms with E-state index in [4.69, 9.17) is 15.0 Å². The first kappa shape index (κ1) is 30.6. The molecule has 0 bridgehead atoms. The lowest BCUT2D eigenvalue weighted by atomic mass is 9.80. The lowest BCUT2D eigenvalue weighted by Crippen LogP contribution is -2.15. The van der Waals surface area contributed by atoms with Gasteiger partial charge in [0.05, 0.1) is 0 Å². The van der Waals surface area contributed by atoms with Crippen molar-refractivity contribution in [3.63, 3.8) is 0 Å². The van der Waals surface area contributed by atoms with E-state index in [0.29, 0.717) is 17.5 Å². The van der Waals surface area contributed by atoms with Crippen LogP contribution in [0.1, 0.15) is 25.0 Å². The van der Waals surface area contributed by atoms with Gasteiger partial charge in [-0.05, 0) is 73.8 Å². The molecule has 0 atom stereocenters. The number of fused-ring (bicyclic) bond motifs is 3. The van der Waals surface area contributed by atoms with Crippen molar-refractivity contribution in [2.24, 2.45) is 0 Å². The molecule has 0 aliphatic heterocycles. The molecule has 1 aliphatic rings. The van der Waals surface area contributed by atoms with Crippen molar-refractivity contribution in [3.8, 4) is 78.7 Å². The molecule has 0 fully saturated rings. The minimum atomic E-state index is -0.0945. The number of benzene rings is 7. The van der Waals surface area contributed by atoms with Gasteiger partial charge < -0.3 is 0 Å². The summed E-state index contributed by atoms with van der Waals surface area (Å²) in [6.07, 6.45) is 0. The molecule has 9 rings (SSSR count). The van der Waals surface area contributed by atoms with Crippen LogP contribution < -0.4 is 0 Å². The number of hydrogen-bond donors (Lipinski definition) is 0. The van der Waals surface area contributed by atoms with Gasteiger partial charge in [0.25, 0.3) is 0 Å². The molecular formula is C48H35N3. The van der Waals surface area contributed by atoms with Gasteiger partial charge in [-0.15, -0.1) is 0 Å². The summed E-state index contributed by atoms with van der Waals surface area (Å²) in [5, 5.41) is 0. The summed E-state index contributed by atoms with van der Waals surface area (Å²) in [6.45, 7) is 4.68. The molecule has 0 radical (unpaired) electrons. The molecule has 0 spiro atoms. The molecule has 0 unspecified atom stereocenters. The highest BCUT2D eigenvalue weighted by molar-refractivity contribution is 5.92. The molecule has 7 aromatic carbocycles. The molecule has 1 heterocycles. The van der Waals surface area contributed by atoms with Crippen LogP contribution in [-0.2, 0) is 5.41 Å². The fourth-order valence-electron chi connectivity index (χ4n) is 7.46. The smallest absolute Gasteiger partial charge is 0.164 e. The molecule has 8 aromatic rings. The van der Waals surface area contributed by atoms with Crippen molar-refractivity contribution in [3.05, 3.63) is 187 Å². The number of aromatic nitrogens is 3. The van der Waals surface area contributed by atoms with Crippen LogP contribution in [0.15, 0.2) is 176 Å². The van der Waals surface area contributed by atoms with Gasteiger partial charge in [-0.25, -0.2) is 15.0 Å². The largest absolute Gasteiger partial charge is 0.208 e. The zero-order valence-electron chi connectivity index (χ0n) is 28.6. The highest BCUT2D eigenvalue weighted by atomic mass is 15.0. The molecule has 0 N–H and O–H groups in total. The maximum atomic E-state index is 5.07. The molecule has 0 saturated heterocycles.